The van der Waals surface area contributed by atoms with Gasteiger partial charge in [-0.15, -0.1) is 0 Å². The molecule has 5 aromatic rings. The van der Waals surface area contributed by atoms with Crippen molar-refractivity contribution in [3.8, 4) is 0 Å². The van der Waals surface area contributed by atoms with Gasteiger partial charge in [-0.25, -0.2) is 0 Å². The molecule has 2 heterocycles. The van der Waals surface area contributed by atoms with Crippen molar-refractivity contribution in [2.45, 2.75) is 75.8 Å². The van der Waals surface area contributed by atoms with E-state index in [-0.39, 0.29) is 6.04 Å². The number of hydrogen-bond donors (Lipinski definition) is 0. The van der Waals surface area contributed by atoms with Gasteiger partial charge in [-0.3, -0.25) is 0 Å². The minimum Gasteiger partial charge on any atom is -0.337 e. The molecule has 1 aromatic heterocycles. The van der Waals surface area contributed by atoms with E-state index in [4.69, 9.17) is 0 Å². The second kappa shape index (κ2) is 12.4. The first-order chi connectivity index (χ1) is 24.8. The molecule has 0 radical (unpaired) electrons. The molecule has 0 bridgehead atoms. The molecule has 5 aliphatic rings. The lowest BCUT2D eigenvalue weighted by Gasteiger charge is -2.30. The number of fused-ring (bicyclic) bond motifs is 6. The van der Waals surface area contributed by atoms with E-state index in [9.17, 15) is 0 Å². The molecule has 0 saturated carbocycles. The minimum absolute atomic E-state index is 0.270. The van der Waals surface area contributed by atoms with E-state index in [0.29, 0.717) is 12.0 Å². The van der Waals surface area contributed by atoms with Gasteiger partial charge in [0.05, 0.1) is 6.04 Å². The Morgan fingerprint density at radius 1 is 0.660 bits per heavy atom. The van der Waals surface area contributed by atoms with Crippen LogP contribution in [0.15, 0.2) is 134 Å². The molecule has 0 saturated heterocycles. The van der Waals surface area contributed by atoms with Crippen molar-refractivity contribution in [2.24, 2.45) is 0 Å². The number of rotatable bonds is 5. The molecule has 0 fully saturated rings. The summed E-state index contributed by atoms with van der Waals surface area (Å²) in [5, 5.41) is 1.44. The fourth-order valence-electron chi connectivity index (χ4n) is 9.62. The van der Waals surface area contributed by atoms with Crippen molar-refractivity contribution in [1.29, 1.82) is 0 Å². The number of anilines is 2. The van der Waals surface area contributed by atoms with Crippen LogP contribution in [0.25, 0.3) is 33.7 Å². The highest BCUT2D eigenvalue weighted by Crippen LogP contribution is 2.50. The van der Waals surface area contributed by atoms with Crippen molar-refractivity contribution in [3.63, 3.8) is 0 Å². The van der Waals surface area contributed by atoms with Gasteiger partial charge < -0.3 is 9.47 Å². The van der Waals surface area contributed by atoms with Crippen LogP contribution in [-0.2, 0) is 6.42 Å². The topological polar surface area (TPSA) is 8.17 Å². The average molecular weight is 649 g/mol. The summed E-state index contributed by atoms with van der Waals surface area (Å²) in [5.74, 6) is 0.308. The lowest BCUT2D eigenvalue weighted by molar-refractivity contribution is 0.478. The van der Waals surface area contributed by atoms with Gasteiger partial charge in [0.15, 0.2) is 0 Å². The molecular weight excluding hydrogens is 605 g/mol. The molecule has 0 N–H and O–H groups in total. The van der Waals surface area contributed by atoms with Crippen molar-refractivity contribution in [2.75, 3.05) is 4.90 Å². The minimum atomic E-state index is 0.270. The van der Waals surface area contributed by atoms with E-state index in [1.54, 1.807) is 0 Å². The fraction of sp³-hybridized carbons (Fsp3) is 0.250. The van der Waals surface area contributed by atoms with Crippen LogP contribution in [-0.4, -0.2) is 10.6 Å². The Kier molecular flexibility index (Phi) is 7.36. The summed E-state index contributed by atoms with van der Waals surface area (Å²) in [6.45, 7) is 0. The third kappa shape index (κ3) is 4.99. The summed E-state index contributed by atoms with van der Waals surface area (Å²) < 4.78 is 2.72. The van der Waals surface area contributed by atoms with Gasteiger partial charge in [0, 0.05) is 39.9 Å². The van der Waals surface area contributed by atoms with E-state index in [1.807, 2.05) is 0 Å². The molecular formula is C48H44N2. The predicted octanol–water partition coefficient (Wildman–Crippen LogP) is 12.6. The normalized spacial score (nSPS) is 22.4. The maximum atomic E-state index is 2.72. The summed E-state index contributed by atoms with van der Waals surface area (Å²) in [6.07, 6.45) is 27.8. The highest BCUT2D eigenvalue weighted by Gasteiger charge is 2.38. The van der Waals surface area contributed by atoms with Crippen LogP contribution in [0.1, 0.15) is 96.8 Å². The van der Waals surface area contributed by atoms with Gasteiger partial charge in [0.2, 0.25) is 0 Å². The summed E-state index contributed by atoms with van der Waals surface area (Å²) >= 11 is 0. The maximum absolute atomic E-state index is 2.72. The smallest absolute Gasteiger partial charge is 0.0630 e. The molecule has 50 heavy (non-hydrogen) atoms. The van der Waals surface area contributed by atoms with Crippen molar-refractivity contribution < 1.29 is 0 Å². The summed E-state index contributed by atoms with van der Waals surface area (Å²) in [7, 11) is 0. The highest BCUT2D eigenvalue weighted by molar-refractivity contribution is 5.93. The number of para-hydroxylation sites is 1. The summed E-state index contributed by atoms with van der Waals surface area (Å²) in [5.41, 5.74) is 16.8. The van der Waals surface area contributed by atoms with Crippen LogP contribution in [0, 0.1) is 0 Å². The molecule has 2 nitrogen and oxygen atoms in total. The molecule has 0 spiro atoms. The molecule has 1 aliphatic heterocycles. The molecule has 0 amide bonds. The van der Waals surface area contributed by atoms with E-state index >= 15 is 0 Å². The van der Waals surface area contributed by atoms with Gasteiger partial charge in [-0.1, -0.05) is 109 Å². The lowest BCUT2D eigenvalue weighted by Crippen LogP contribution is -2.28. The zero-order valence-corrected chi connectivity index (χ0v) is 28.8. The standard InChI is InChI=1S/C48H44N2/c1-3-12-33(13-4-1)35-22-26-39(27-23-35)49-46-21-10-8-19-42(46)44-31-37(25-29-47(44)49)38-24-28-43-41-18-7-9-20-45(41)50(48(43)32-38)40-17-11-16-36(30-40)34-14-5-2-6-15-34/h2,5-6,8-10,12,14-16,19-29,31-32,40,44,47H,1,3-4,7,11,13,17-18,30H2. The van der Waals surface area contributed by atoms with Crippen molar-refractivity contribution in [1.82, 2.24) is 4.57 Å². The number of aryl methyl sites for hydroxylation is 1. The van der Waals surface area contributed by atoms with Crippen LogP contribution < -0.4 is 4.90 Å². The first-order valence-corrected chi connectivity index (χ1v) is 19.0. The zero-order valence-electron chi connectivity index (χ0n) is 28.8. The van der Waals surface area contributed by atoms with Crippen LogP contribution in [0.5, 0.6) is 0 Å². The summed E-state index contributed by atoms with van der Waals surface area (Å²) in [6, 6.07) is 37.5. The van der Waals surface area contributed by atoms with Gasteiger partial charge >= 0.3 is 0 Å². The number of nitrogens with zero attached hydrogens (tertiary/aromatic N) is 2. The van der Waals surface area contributed by atoms with Crippen LogP contribution >= 0.6 is 0 Å². The van der Waals surface area contributed by atoms with Gasteiger partial charge in [0.25, 0.3) is 0 Å². The molecule has 246 valence electrons. The number of aromatic nitrogens is 1. The monoisotopic (exact) mass is 648 g/mol. The van der Waals surface area contributed by atoms with Crippen molar-refractivity contribution in [3.05, 3.63) is 167 Å². The lowest BCUT2D eigenvalue weighted by atomic mass is 9.86. The Balaban J connectivity index is 1.01. The predicted molar refractivity (Wildman–Crippen MR) is 212 cm³/mol. The maximum Gasteiger partial charge on any atom is 0.0630 e. The molecule has 4 aliphatic carbocycles. The van der Waals surface area contributed by atoms with E-state index in [0.717, 1.165) is 25.7 Å². The first-order valence-electron chi connectivity index (χ1n) is 19.0. The Bertz CT molecular complexity index is 2250. The number of hydrogen-bond acceptors (Lipinski definition) is 1. The average Bonchev–Trinajstić information content (AvgIpc) is 3.71. The fourth-order valence-corrected chi connectivity index (χ4v) is 9.62. The zero-order chi connectivity index (χ0) is 33.0. The largest absolute Gasteiger partial charge is 0.337 e. The van der Waals surface area contributed by atoms with Gasteiger partial charge in [0.1, 0.15) is 0 Å². The van der Waals surface area contributed by atoms with E-state index in [2.05, 4.69) is 149 Å². The van der Waals surface area contributed by atoms with Gasteiger partial charge in [-0.05, 0) is 133 Å². The SMILES string of the molecule is C1=Cc2c(c3ccc(C4=CC5c6ccccc6N(c6ccc(C7=CCCCC7)cc6)C5C=C4)cc3n2C2CCC=C(c3ccccc3)C2)CC1. The third-order valence-electron chi connectivity index (χ3n) is 12.0. The molecule has 2 heteroatoms. The summed E-state index contributed by atoms with van der Waals surface area (Å²) in [4.78, 5) is 2.57. The Hall–Kier alpha value is -5.08. The third-order valence-corrected chi connectivity index (χ3v) is 12.0. The van der Waals surface area contributed by atoms with E-state index < -0.39 is 0 Å². The van der Waals surface area contributed by atoms with Crippen LogP contribution in [0.2, 0.25) is 0 Å². The second-order valence-electron chi connectivity index (χ2n) is 14.9. The highest BCUT2D eigenvalue weighted by atomic mass is 15.2. The van der Waals surface area contributed by atoms with E-state index in [1.165, 1.54) is 105 Å². The number of allylic oxidation sites excluding steroid dienone is 7. The second-order valence-corrected chi connectivity index (χ2v) is 14.9. The number of benzene rings is 4. The van der Waals surface area contributed by atoms with Crippen molar-refractivity contribution >= 4 is 45.1 Å². The van der Waals surface area contributed by atoms with Crippen LogP contribution in [0.4, 0.5) is 11.4 Å². The quantitative estimate of drug-likeness (QED) is 0.184. The molecule has 3 unspecified atom stereocenters. The molecule has 4 aromatic carbocycles. The Morgan fingerprint density at radius 3 is 2.36 bits per heavy atom. The molecule has 10 rings (SSSR count). The Labute approximate surface area is 296 Å². The first kappa shape index (κ1) is 29.8. The van der Waals surface area contributed by atoms with Gasteiger partial charge in [-0.2, -0.15) is 0 Å². The Morgan fingerprint density at radius 2 is 1.48 bits per heavy atom. The molecule has 3 atom stereocenters. The van der Waals surface area contributed by atoms with Crippen LogP contribution in [0.3, 0.4) is 0 Å².